The van der Waals surface area contributed by atoms with Gasteiger partial charge in [0.15, 0.2) is 0 Å². The third-order valence-electron chi connectivity index (χ3n) is 4.89. The number of fused-ring (bicyclic) bond motifs is 2. The number of aryl methyl sites for hydroxylation is 1. The maximum Gasteiger partial charge on any atom is 0.0420 e. The zero-order chi connectivity index (χ0) is 11.8. The van der Waals surface area contributed by atoms with Crippen molar-refractivity contribution in [2.24, 2.45) is 23.5 Å². The van der Waals surface area contributed by atoms with E-state index >= 15 is 0 Å². The van der Waals surface area contributed by atoms with Gasteiger partial charge in [0, 0.05) is 17.9 Å². The predicted molar refractivity (Wildman–Crippen MR) is 69.5 cm³/mol. The van der Waals surface area contributed by atoms with Gasteiger partial charge in [-0.25, -0.2) is 0 Å². The molecule has 0 aromatic carbocycles. The molecule has 0 spiro atoms. The fraction of sp³-hybridized carbons (Fsp3) is 0.667. The highest BCUT2D eigenvalue weighted by molar-refractivity contribution is 5.22. The van der Waals surface area contributed by atoms with Gasteiger partial charge in [-0.05, 0) is 62.0 Å². The zero-order valence-corrected chi connectivity index (χ0v) is 10.6. The van der Waals surface area contributed by atoms with Crippen LogP contribution in [0.25, 0.3) is 0 Å². The Kier molecular flexibility index (Phi) is 2.91. The Hall–Kier alpha value is -0.890. The van der Waals surface area contributed by atoms with E-state index in [1.165, 1.54) is 31.2 Å². The first-order valence-electron chi connectivity index (χ1n) is 6.91. The Morgan fingerprint density at radius 2 is 2.29 bits per heavy atom. The van der Waals surface area contributed by atoms with Crippen molar-refractivity contribution < 1.29 is 0 Å². The van der Waals surface area contributed by atoms with Crippen LogP contribution in [0.2, 0.25) is 0 Å². The molecule has 17 heavy (non-hydrogen) atoms. The van der Waals surface area contributed by atoms with E-state index in [0.717, 1.165) is 29.9 Å². The Morgan fingerprint density at radius 3 is 2.94 bits per heavy atom. The molecule has 0 radical (unpaired) electrons. The fourth-order valence-corrected chi connectivity index (χ4v) is 4.01. The molecule has 3 rings (SSSR count). The Bertz CT molecular complexity index is 402. The van der Waals surface area contributed by atoms with Gasteiger partial charge in [-0.1, -0.05) is 12.5 Å². The molecule has 2 aliphatic carbocycles. The van der Waals surface area contributed by atoms with Gasteiger partial charge in [0.05, 0.1) is 0 Å². The molecular weight excluding hydrogens is 208 g/mol. The lowest BCUT2D eigenvalue weighted by atomic mass is 9.83. The monoisotopic (exact) mass is 230 g/mol. The largest absolute Gasteiger partial charge is 0.324 e. The molecule has 2 saturated carbocycles. The molecule has 92 valence electrons. The van der Waals surface area contributed by atoms with Gasteiger partial charge in [0.2, 0.25) is 0 Å². The van der Waals surface area contributed by atoms with E-state index < -0.39 is 0 Å². The van der Waals surface area contributed by atoms with Gasteiger partial charge in [-0.2, -0.15) is 0 Å². The van der Waals surface area contributed by atoms with Crippen LogP contribution in [0.15, 0.2) is 18.3 Å². The highest BCUT2D eigenvalue weighted by Gasteiger charge is 2.39. The summed E-state index contributed by atoms with van der Waals surface area (Å²) in [5, 5.41) is 0. The summed E-state index contributed by atoms with van der Waals surface area (Å²) in [4.78, 5) is 4.34. The zero-order valence-electron chi connectivity index (χ0n) is 10.6. The highest BCUT2D eigenvalue weighted by atomic mass is 14.7. The first-order chi connectivity index (χ1) is 8.24. The minimum absolute atomic E-state index is 0.188. The maximum absolute atomic E-state index is 6.37. The molecule has 1 aromatic heterocycles. The van der Waals surface area contributed by atoms with Crippen LogP contribution in [0.5, 0.6) is 0 Å². The molecule has 2 nitrogen and oxygen atoms in total. The number of rotatable bonds is 3. The van der Waals surface area contributed by atoms with Crippen LogP contribution < -0.4 is 5.73 Å². The van der Waals surface area contributed by atoms with E-state index in [0.29, 0.717) is 0 Å². The van der Waals surface area contributed by atoms with Crippen molar-refractivity contribution in [1.29, 1.82) is 0 Å². The van der Waals surface area contributed by atoms with E-state index in [2.05, 4.69) is 18.0 Å². The van der Waals surface area contributed by atoms with Gasteiger partial charge in [0.1, 0.15) is 0 Å². The van der Waals surface area contributed by atoms with Gasteiger partial charge in [-0.3, -0.25) is 4.98 Å². The smallest absolute Gasteiger partial charge is 0.0420 e. The molecule has 1 heterocycles. The van der Waals surface area contributed by atoms with E-state index in [-0.39, 0.29) is 6.04 Å². The molecule has 2 fully saturated rings. The van der Waals surface area contributed by atoms with E-state index in [4.69, 9.17) is 5.73 Å². The predicted octanol–water partition coefficient (Wildman–Crippen LogP) is 3.22. The summed E-state index contributed by atoms with van der Waals surface area (Å²) in [7, 11) is 0. The van der Waals surface area contributed by atoms with Crippen LogP contribution in [0.3, 0.4) is 0 Å². The Morgan fingerprint density at radius 1 is 1.41 bits per heavy atom. The normalized spacial score (nSPS) is 32.9. The maximum atomic E-state index is 6.37. The quantitative estimate of drug-likeness (QED) is 0.866. The minimum atomic E-state index is 0.188. The number of nitrogens with zero attached hydrogens (tertiary/aromatic N) is 1. The number of aromatic nitrogens is 1. The van der Waals surface area contributed by atoms with Gasteiger partial charge in [-0.15, -0.1) is 0 Å². The SMILES string of the molecule is Cc1ncccc1C(N)CC1CC2CCC1C2. The molecule has 0 saturated heterocycles. The second-order valence-electron chi connectivity index (χ2n) is 5.96. The lowest BCUT2D eigenvalue weighted by Crippen LogP contribution is -2.20. The van der Waals surface area contributed by atoms with Gasteiger partial charge in [0.25, 0.3) is 0 Å². The minimum Gasteiger partial charge on any atom is -0.324 e. The number of pyridine rings is 1. The van der Waals surface area contributed by atoms with Crippen molar-refractivity contribution in [2.75, 3.05) is 0 Å². The van der Waals surface area contributed by atoms with E-state index in [1.54, 1.807) is 0 Å². The van der Waals surface area contributed by atoms with Crippen molar-refractivity contribution in [1.82, 2.24) is 4.98 Å². The average molecular weight is 230 g/mol. The van der Waals surface area contributed by atoms with Crippen LogP contribution in [-0.4, -0.2) is 4.98 Å². The third-order valence-corrected chi connectivity index (χ3v) is 4.89. The molecule has 0 aliphatic heterocycles. The number of hydrogen-bond donors (Lipinski definition) is 1. The van der Waals surface area contributed by atoms with Crippen molar-refractivity contribution in [3.8, 4) is 0 Å². The summed E-state index contributed by atoms with van der Waals surface area (Å²) in [6, 6.07) is 4.33. The third kappa shape index (κ3) is 2.11. The molecule has 2 N–H and O–H groups in total. The van der Waals surface area contributed by atoms with Crippen molar-refractivity contribution in [3.05, 3.63) is 29.6 Å². The molecular formula is C15H22N2. The summed E-state index contributed by atoms with van der Waals surface area (Å²) in [5.74, 6) is 2.87. The Balaban J connectivity index is 1.68. The van der Waals surface area contributed by atoms with Crippen molar-refractivity contribution >= 4 is 0 Å². The van der Waals surface area contributed by atoms with Crippen LogP contribution in [0.1, 0.15) is 49.4 Å². The molecule has 4 atom stereocenters. The number of nitrogens with two attached hydrogens (primary N) is 1. The van der Waals surface area contributed by atoms with Crippen molar-refractivity contribution in [3.63, 3.8) is 0 Å². The van der Waals surface area contributed by atoms with Gasteiger partial charge < -0.3 is 5.73 Å². The Labute approximate surface area is 104 Å². The summed E-state index contributed by atoms with van der Waals surface area (Å²) in [6.45, 7) is 2.07. The van der Waals surface area contributed by atoms with E-state index in [9.17, 15) is 0 Å². The van der Waals surface area contributed by atoms with Crippen molar-refractivity contribution in [2.45, 2.75) is 45.1 Å². The molecule has 1 aromatic rings. The summed E-state index contributed by atoms with van der Waals surface area (Å²) < 4.78 is 0. The first-order valence-corrected chi connectivity index (χ1v) is 6.91. The van der Waals surface area contributed by atoms with Crippen LogP contribution in [-0.2, 0) is 0 Å². The fourth-order valence-electron chi connectivity index (χ4n) is 4.01. The number of hydrogen-bond acceptors (Lipinski definition) is 2. The lowest BCUT2D eigenvalue weighted by Gasteiger charge is -2.25. The second-order valence-corrected chi connectivity index (χ2v) is 5.96. The second kappa shape index (κ2) is 4.41. The average Bonchev–Trinajstić information content (AvgIpc) is 2.91. The molecule has 2 aliphatic rings. The lowest BCUT2D eigenvalue weighted by molar-refractivity contribution is 0.295. The van der Waals surface area contributed by atoms with Crippen LogP contribution >= 0.6 is 0 Å². The summed E-state index contributed by atoms with van der Waals surface area (Å²) in [6.07, 6.45) is 8.84. The summed E-state index contributed by atoms with van der Waals surface area (Å²) in [5.41, 5.74) is 8.71. The standard InChI is InChI=1S/C15H22N2/c1-10-14(3-2-6-17-10)15(16)9-13-8-11-4-5-12(13)7-11/h2-3,6,11-13,15H,4-5,7-9,16H2,1H3. The van der Waals surface area contributed by atoms with Crippen LogP contribution in [0, 0.1) is 24.7 Å². The van der Waals surface area contributed by atoms with E-state index in [1.807, 2.05) is 12.3 Å². The van der Waals surface area contributed by atoms with Crippen LogP contribution in [0.4, 0.5) is 0 Å². The molecule has 2 bridgehead atoms. The topological polar surface area (TPSA) is 38.9 Å². The first kappa shape index (κ1) is 11.2. The van der Waals surface area contributed by atoms with Gasteiger partial charge >= 0.3 is 0 Å². The molecule has 0 amide bonds. The molecule has 4 unspecified atom stereocenters. The summed E-state index contributed by atoms with van der Waals surface area (Å²) >= 11 is 0. The highest BCUT2D eigenvalue weighted by Crippen LogP contribution is 2.50. The molecule has 2 heteroatoms.